The van der Waals surface area contributed by atoms with Crippen molar-refractivity contribution in [3.63, 3.8) is 0 Å². The fourth-order valence-electron chi connectivity index (χ4n) is 5.38. The van der Waals surface area contributed by atoms with Crippen molar-refractivity contribution in [2.24, 2.45) is 0 Å². The third-order valence-electron chi connectivity index (χ3n) is 6.79. The van der Waals surface area contributed by atoms with Crippen LogP contribution in [-0.4, -0.2) is 0 Å². The van der Waals surface area contributed by atoms with E-state index in [1.807, 2.05) is 0 Å². The average Bonchev–Trinajstić information content (AvgIpc) is 3.33. The van der Waals surface area contributed by atoms with Crippen LogP contribution in [-0.2, 0) is 51.9 Å². The maximum Gasteiger partial charge on any atom is 0 e. The Kier molecular flexibility index (Phi) is 5.34. The van der Waals surface area contributed by atoms with Crippen LogP contribution in [0.2, 0.25) is 0 Å². The molecule has 0 saturated heterocycles. The third kappa shape index (κ3) is 3.25. The van der Waals surface area contributed by atoms with Gasteiger partial charge in [-0.05, 0) is 87.7 Å². The number of benzene rings is 4. The summed E-state index contributed by atoms with van der Waals surface area (Å²) in [6.45, 7) is 0. The zero-order valence-electron chi connectivity index (χ0n) is 17.1. The Morgan fingerprint density at radius 1 is 0.467 bits per heavy atom. The molecule has 2 aliphatic rings. The van der Waals surface area contributed by atoms with Gasteiger partial charge in [-0.15, -0.1) is 0 Å². The van der Waals surface area contributed by atoms with E-state index in [0.29, 0.717) is 0 Å². The second-order valence-electron chi connectivity index (χ2n) is 8.41. The Hall–Kier alpha value is -2.24. The van der Waals surface area contributed by atoms with Crippen molar-refractivity contribution in [1.29, 1.82) is 0 Å². The van der Waals surface area contributed by atoms with E-state index < -0.39 is 0 Å². The first-order chi connectivity index (χ1) is 14.4. The maximum absolute atomic E-state index is 2.34. The predicted molar refractivity (Wildman–Crippen MR) is 121 cm³/mol. The van der Waals surface area contributed by atoms with Crippen LogP contribution in [0, 0.1) is 0 Å². The zero-order valence-corrected chi connectivity index (χ0v) is 19.6. The van der Waals surface area contributed by atoms with Gasteiger partial charge in [-0.3, -0.25) is 0 Å². The molecule has 0 aromatic heterocycles. The van der Waals surface area contributed by atoms with Gasteiger partial charge in [0, 0.05) is 26.2 Å². The predicted octanol–water partition coefficient (Wildman–Crippen LogP) is 7.00. The molecule has 0 nitrogen and oxygen atoms in total. The van der Waals surface area contributed by atoms with Gasteiger partial charge in [0.05, 0.1) is 0 Å². The van der Waals surface area contributed by atoms with Crippen LogP contribution in [0.3, 0.4) is 0 Å². The SMILES string of the molecule is [Zr].c1ccc2c(c1)Cc1c(CCCc3cccc4c3Cc3ccccc3-4)cccc1-2. The summed E-state index contributed by atoms with van der Waals surface area (Å²) in [5.41, 5.74) is 14.9. The minimum atomic E-state index is 0. The Bertz CT molecular complexity index is 1140. The summed E-state index contributed by atoms with van der Waals surface area (Å²) in [5, 5.41) is 0. The largest absolute Gasteiger partial charge is 0.0619 e. The Morgan fingerprint density at radius 2 is 0.900 bits per heavy atom. The first kappa shape index (κ1) is 19.7. The fraction of sp³-hybridized carbons (Fsp3) is 0.172. The van der Waals surface area contributed by atoms with E-state index in [-0.39, 0.29) is 26.2 Å². The standard InChI is InChI=1S/C29H24.Zr/c1-3-14-24-22(8-1)18-28-20(12-6-16-26(24)28)10-5-11-21-13-7-17-27-25-15-4-2-9-23(25)19-29(21)27;/h1-4,6-9,12-17H,5,10-11,18-19H2;. The van der Waals surface area contributed by atoms with Crippen LogP contribution in [0.4, 0.5) is 0 Å². The molecule has 30 heavy (non-hydrogen) atoms. The van der Waals surface area contributed by atoms with Crippen LogP contribution in [0.15, 0.2) is 84.9 Å². The third-order valence-corrected chi connectivity index (χ3v) is 6.79. The maximum atomic E-state index is 2.34. The molecule has 0 unspecified atom stereocenters. The summed E-state index contributed by atoms with van der Waals surface area (Å²) in [6, 6.07) is 31.5. The number of fused-ring (bicyclic) bond motifs is 6. The normalized spacial score (nSPS) is 12.5. The van der Waals surface area contributed by atoms with Crippen molar-refractivity contribution in [1.82, 2.24) is 0 Å². The Labute approximate surface area is 198 Å². The van der Waals surface area contributed by atoms with Gasteiger partial charge in [-0.1, -0.05) is 84.9 Å². The number of aryl methyl sites for hydroxylation is 2. The van der Waals surface area contributed by atoms with Gasteiger partial charge >= 0.3 is 0 Å². The van der Waals surface area contributed by atoms with Gasteiger partial charge < -0.3 is 0 Å². The summed E-state index contributed by atoms with van der Waals surface area (Å²) >= 11 is 0. The van der Waals surface area contributed by atoms with Crippen molar-refractivity contribution in [3.05, 3.63) is 118 Å². The van der Waals surface area contributed by atoms with E-state index >= 15 is 0 Å². The summed E-state index contributed by atoms with van der Waals surface area (Å²) in [5.74, 6) is 0. The summed E-state index contributed by atoms with van der Waals surface area (Å²) in [4.78, 5) is 0. The van der Waals surface area contributed by atoms with Crippen molar-refractivity contribution in [2.45, 2.75) is 32.1 Å². The van der Waals surface area contributed by atoms with E-state index in [0.717, 1.165) is 25.7 Å². The molecule has 2 aliphatic carbocycles. The molecule has 0 spiro atoms. The zero-order chi connectivity index (χ0) is 19.2. The van der Waals surface area contributed by atoms with Gasteiger partial charge in [0.15, 0.2) is 0 Å². The second-order valence-corrected chi connectivity index (χ2v) is 8.41. The van der Waals surface area contributed by atoms with Crippen LogP contribution >= 0.6 is 0 Å². The van der Waals surface area contributed by atoms with Gasteiger partial charge in [0.2, 0.25) is 0 Å². The van der Waals surface area contributed by atoms with Crippen LogP contribution in [0.1, 0.15) is 39.8 Å². The molecule has 0 bridgehead atoms. The Morgan fingerprint density at radius 3 is 1.40 bits per heavy atom. The quantitative estimate of drug-likeness (QED) is 0.264. The van der Waals surface area contributed by atoms with E-state index in [4.69, 9.17) is 0 Å². The minimum Gasteiger partial charge on any atom is -0.0619 e. The molecule has 144 valence electrons. The van der Waals surface area contributed by atoms with E-state index in [2.05, 4.69) is 84.9 Å². The number of hydrogen-bond donors (Lipinski definition) is 0. The minimum absolute atomic E-state index is 0. The molecule has 4 aromatic rings. The molecule has 0 heterocycles. The van der Waals surface area contributed by atoms with Crippen molar-refractivity contribution >= 4 is 0 Å². The second kappa shape index (κ2) is 8.12. The molecule has 6 rings (SSSR count). The molecule has 0 fully saturated rings. The molecule has 0 atom stereocenters. The van der Waals surface area contributed by atoms with Crippen LogP contribution in [0.25, 0.3) is 22.3 Å². The van der Waals surface area contributed by atoms with Gasteiger partial charge in [-0.25, -0.2) is 0 Å². The monoisotopic (exact) mass is 462 g/mol. The smallest absolute Gasteiger partial charge is 0 e. The van der Waals surface area contributed by atoms with Crippen molar-refractivity contribution < 1.29 is 26.2 Å². The molecule has 0 saturated carbocycles. The van der Waals surface area contributed by atoms with E-state index in [1.165, 1.54) is 50.9 Å². The average molecular weight is 464 g/mol. The van der Waals surface area contributed by atoms with Crippen LogP contribution in [0.5, 0.6) is 0 Å². The summed E-state index contributed by atoms with van der Waals surface area (Å²) < 4.78 is 0. The molecule has 0 aliphatic heterocycles. The van der Waals surface area contributed by atoms with E-state index in [1.54, 1.807) is 11.1 Å². The Balaban J connectivity index is 0.00000193. The van der Waals surface area contributed by atoms with Crippen molar-refractivity contribution in [3.8, 4) is 22.3 Å². The number of hydrogen-bond acceptors (Lipinski definition) is 0. The molecular formula is C29H24Zr. The molecule has 1 heteroatoms. The molecule has 0 N–H and O–H groups in total. The number of rotatable bonds is 4. The van der Waals surface area contributed by atoms with Gasteiger partial charge in [0.1, 0.15) is 0 Å². The van der Waals surface area contributed by atoms with Gasteiger partial charge in [-0.2, -0.15) is 0 Å². The van der Waals surface area contributed by atoms with E-state index in [9.17, 15) is 0 Å². The summed E-state index contributed by atoms with van der Waals surface area (Å²) in [7, 11) is 0. The molecule has 4 aromatic carbocycles. The molecule has 0 amide bonds. The fourth-order valence-corrected chi connectivity index (χ4v) is 5.38. The first-order valence-corrected chi connectivity index (χ1v) is 10.8. The van der Waals surface area contributed by atoms with Crippen LogP contribution < -0.4 is 0 Å². The summed E-state index contributed by atoms with van der Waals surface area (Å²) in [6.07, 6.45) is 5.72. The first-order valence-electron chi connectivity index (χ1n) is 10.8. The molecular weight excluding hydrogens is 440 g/mol. The molecule has 0 radical (unpaired) electrons. The topological polar surface area (TPSA) is 0 Å². The van der Waals surface area contributed by atoms with Gasteiger partial charge in [0.25, 0.3) is 0 Å². The van der Waals surface area contributed by atoms with Crippen molar-refractivity contribution in [2.75, 3.05) is 0 Å².